The lowest BCUT2D eigenvalue weighted by Crippen LogP contribution is -2.24. The Morgan fingerprint density at radius 3 is 2.52 bits per heavy atom. The second-order valence-corrected chi connectivity index (χ2v) is 6.24. The van der Waals surface area contributed by atoms with E-state index in [1.165, 1.54) is 25.7 Å². The normalized spacial score (nSPS) is 18.5. The summed E-state index contributed by atoms with van der Waals surface area (Å²) in [5.74, 6) is 3.13. The van der Waals surface area contributed by atoms with Crippen molar-refractivity contribution in [2.75, 3.05) is 0 Å². The van der Waals surface area contributed by atoms with Gasteiger partial charge in [-0.25, -0.2) is 0 Å². The molecular weight excluding hydrogens is 264 g/mol. The van der Waals surface area contributed by atoms with E-state index in [0.29, 0.717) is 6.04 Å². The Morgan fingerprint density at radius 2 is 1.81 bits per heavy atom. The molecule has 0 amide bonds. The molecule has 4 nitrogen and oxygen atoms in total. The maximum Gasteiger partial charge on any atom is 0.118 e. The Kier molecular flexibility index (Phi) is 3.57. The van der Waals surface area contributed by atoms with Crippen LogP contribution in [0.3, 0.4) is 0 Å². The molecule has 0 radical (unpaired) electrons. The predicted octanol–water partition coefficient (Wildman–Crippen LogP) is 3.29. The fourth-order valence-electron chi connectivity index (χ4n) is 2.69. The van der Waals surface area contributed by atoms with Crippen LogP contribution in [0.1, 0.15) is 43.0 Å². The summed E-state index contributed by atoms with van der Waals surface area (Å²) < 4.78 is 11.4. The highest BCUT2D eigenvalue weighted by Gasteiger charge is 2.30. The van der Waals surface area contributed by atoms with Gasteiger partial charge < -0.3 is 14.2 Å². The fourth-order valence-corrected chi connectivity index (χ4v) is 2.69. The summed E-state index contributed by atoms with van der Waals surface area (Å²) in [6.45, 7) is 2.59. The number of hydrogen-bond acceptors (Lipinski definition) is 4. The largest absolute Gasteiger partial charge is 0.468 e. The van der Waals surface area contributed by atoms with Crippen molar-refractivity contribution < 1.29 is 8.83 Å². The van der Waals surface area contributed by atoms with E-state index in [0.717, 1.165) is 43.0 Å². The summed E-state index contributed by atoms with van der Waals surface area (Å²) in [6, 6.07) is 9.62. The highest BCUT2D eigenvalue weighted by Crippen LogP contribution is 2.30. The summed E-state index contributed by atoms with van der Waals surface area (Å²) in [5.41, 5.74) is 0. The van der Waals surface area contributed by atoms with Crippen LogP contribution in [0.25, 0.3) is 0 Å². The predicted molar refractivity (Wildman–Crippen MR) is 79.5 cm³/mol. The van der Waals surface area contributed by atoms with Gasteiger partial charge in [0.2, 0.25) is 0 Å². The molecule has 112 valence electrons. The van der Waals surface area contributed by atoms with Gasteiger partial charge in [0.05, 0.1) is 25.9 Å². The zero-order chi connectivity index (χ0) is 14.1. The lowest BCUT2D eigenvalue weighted by atomic mass is 10.3. The van der Waals surface area contributed by atoms with Gasteiger partial charge in [-0.1, -0.05) is 0 Å². The van der Waals surface area contributed by atoms with E-state index >= 15 is 0 Å². The molecule has 0 aliphatic heterocycles. The first-order valence-corrected chi connectivity index (χ1v) is 7.94. The highest BCUT2D eigenvalue weighted by atomic mass is 16.3. The molecule has 2 aromatic rings. The SMILES string of the molecule is c1coc(CN(Cc2ccc(CNC3CC3)o2)C2CC2)c1. The first-order valence-electron chi connectivity index (χ1n) is 7.94. The van der Waals surface area contributed by atoms with Crippen LogP contribution in [0.4, 0.5) is 0 Å². The monoisotopic (exact) mass is 286 g/mol. The van der Waals surface area contributed by atoms with Gasteiger partial charge in [-0.3, -0.25) is 4.90 Å². The average Bonchev–Trinajstić information content (AvgIpc) is 3.41. The van der Waals surface area contributed by atoms with E-state index in [1.54, 1.807) is 6.26 Å². The molecule has 2 aliphatic rings. The molecule has 0 aromatic carbocycles. The zero-order valence-corrected chi connectivity index (χ0v) is 12.3. The molecule has 4 heteroatoms. The first-order chi connectivity index (χ1) is 10.4. The van der Waals surface area contributed by atoms with Gasteiger partial charge in [-0.05, 0) is 49.9 Å². The van der Waals surface area contributed by atoms with Crippen molar-refractivity contribution in [1.29, 1.82) is 0 Å². The standard InChI is InChI=1S/C17H22N2O2/c1-2-16(20-9-1)11-19(14-5-6-14)12-17-8-7-15(21-17)10-18-13-3-4-13/h1-2,7-9,13-14,18H,3-6,10-12H2. The highest BCUT2D eigenvalue weighted by molar-refractivity contribution is 5.09. The Hall–Kier alpha value is -1.52. The van der Waals surface area contributed by atoms with E-state index in [-0.39, 0.29) is 0 Å². The second kappa shape index (κ2) is 5.70. The van der Waals surface area contributed by atoms with Crippen LogP contribution in [0.5, 0.6) is 0 Å². The van der Waals surface area contributed by atoms with Crippen molar-refractivity contribution in [3.05, 3.63) is 47.8 Å². The number of nitrogens with zero attached hydrogens (tertiary/aromatic N) is 1. The van der Waals surface area contributed by atoms with Crippen LogP contribution in [-0.4, -0.2) is 17.0 Å². The molecule has 0 unspecified atom stereocenters. The van der Waals surface area contributed by atoms with Crippen LogP contribution in [0, 0.1) is 0 Å². The molecule has 0 bridgehead atoms. The molecule has 21 heavy (non-hydrogen) atoms. The van der Waals surface area contributed by atoms with Crippen LogP contribution in [0.15, 0.2) is 39.4 Å². The summed E-state index contributed by atoms with van der Waals surface area (Å²) in [7, 11) is 0. The van der Waals surface area contributed by atoms with Crippen molar-refractivity contribution >= 4 is 0 Å². The molecule has 4 rings (SSSR count). The van der Waals surface area contributed by atoms with E-state index < -0.39 is 0 Å². The van der Waals surface area contributed by atoms with Crippen molar-refractivity contribution in [1.82, 2.24) is 10.2 Å². The van der Waals surface area contributed by atoms with Gasteiger partial charge >= 0.3 is 0 Å². The summed E-state index contributed by atoms with van der Waals surface area (Å²) in [4.78, 5) is 2.45. The first kappa shape index (κ1) is 13.2. The lowest BCUT2D eigenvalue weighted by molar-refractivity contribution is 0.206. The van der Waals surface area contributed by atoms with Crippen molar-refractivity contribution in [2.24, 2.45) is 0 Å². The van der Waals surface area contributed by atoms with Gasteiger partial charge in [0.25, 0.3) is 0 Å². The van der Waals surface area contributed by atoms with Crippen LogP contribution in [0.2, 0.25) is 0 Å². The zero-order valence-electron chi connectivity index (χ0n) is 12.3. The lowest BCUT2D eigenvalue weighted by Gasteiger charge is -2.19. The fraction of sp³-hybridized carbons (Fsp3) is 0.529. The number of nitrogens with one attached hydrogen (secondary N) is 1. The van der Waals surface area contributed by atoms with Crippen LogP contribution in [-0.2, 0) is 19.6 Å². The van der Waals surface area contributed by atoms with E-state index in [1.807, 2.05) is 12.1 Å². The van der Waals surface area contributed by atoms with Crippen molar-refractivity contribution in [3.8, 4) is 0 Å². The third kappa shape index (κ3) is 3.57. The van der Waals surface area contributed by atoms with E-state index in [2.05, 4.69) is 22.3 Å². The minimum Gasteiger partial charge on any atom is -0.468 e. The summed E-state index contributed by atoms with van der Waals surface area (Å²) in [6.07, 6.45) is 6.95. The number of furan rings is 2. The topological polar surface area (TPSA) is 41.6 Å². The minimum absolute atomic E-state index is 0.688. The van der Waals surface area contributed by atoms with E-state index in [9.17, 15) is 0 Å². The number of hydrogen-bond donors (Lipinski definition) is 1. The second-order valence-electron chi connectivity index (χ2n) is 6.24. The van der Waals surface area contributed by atoms with Gasteiger partial charge in [-0.2, -0.15) is 0 Å². The maximum absolute atomic E-state index is 5.95. The van der Waals surface area contributed by atoms with Crippen molar-refractivity contribution in [3.63, 3.8) is 0 Å². The Balaban J connectivity index is 1.35. The van der Waals surface area contributed by atoms with E-state index in [4.69, 9.17) is 8.83 Å². The van der Waals surface area contributed by atoms with Crippen molar-refractivity contribution in [2.45, 2.75) is 57.4 Å². The minimum atomic E-state index is 0.688. The molecule has 2 aliphatic carbocycles. The van der Waals surface area contributed by atoms with Gasteiger partial charge in [0.15, 0.2) is 0 Å². The molecule has 2 saturated carbocycles. The van der Waals surface area contributed by atoms with Gasteiger partial charge in [-0.15, -0.1) is 0 Å². The molecule has 0 spiro atoms. The molecule has 0 saturated heterocycles. The van der Waals surface area contributed by atoms with Gasteiger partial charge in [0, 0.05) is 12.1 Å². The van der Waals surface area contributed by atoms with Crippen LogP contribution < -0.4 is 5.32 Å². The molecule has 1 N–H and O–H groups in total. The molecule has 2 fully saturated rings. The molecule has 2 heterocycles. The third-order valence-corrected chi connectivity index (χ3v) is 4.22. The quantitative estimate of drug-likeness (QED) is 0.808. The maximum atomic E-state index is 5.95. The Labute approximate surface area is 125 Å². The molecule has 2 aromatic heterocycles. The smallest absolute Gasteiger partial charge is 0.118 e. The summed E-state index contributed by atoms with van der Waals surface area (Å²) >= 11 is 0. The molecule has 0 atom stereocenters. The van der Waals surface area contributed by atoms with Crippen LogP contribution >= 0.6 is 0 Å². The summed E-state index contributed by atoms with van der Waals surface area (Å²) in [5, 5.41) is 3.49. The Morgan fingerprint density at radius 1 is 1.00 bits per heavy atom. The number of rotatable bonds is 8. The average molecular weight is 286 g/mol. The van der Waals surface area contributed by atoms with Gasteiger partial charge in [0.1, 0.15) is 17.3 Å². The Bertz CT molecular complexity index is 567. The third-order valence-electron chi connectivity index (χ3n) is 4.22. The molecular formula is C17H22N2O2.